The Hall–Kier alpha value is -4.82. The Morgan fingerprint density at radius 3 is 1.02 bits per heavy atom. The molecule has 0 radical (unpaired) electrons. The Morgan fingerprint density at radius 2 is 0.727 bits per heavy atom. The van der Waals surface area contributed by atoms with Crippen LogP contribution in [0.5, 0.6) is 0 Å². The molecule has 1 fully saturated rings. The van der Waals surface area contributed by atoms with E-state index in [9.17, 15) is 14.7 Å². The first kappa shape index (κ1) is 28.0. The normalized spacial score (nSPS) is 18.0. The number of Topliss-reactive ketones (excluding diaryl/α,β-unsaturated/α-hetero) is 2. The number of rotatable bonds is 8. The highest BCUT2D eigenvalue weighted by atomic mass is 32.1. The summed E-state index contributed by atoms with van der Waals surface area (Å²) in [5.41, 5.74) is 3.91. The van der Waals surface area contributed by atoms with Crippen molar-refractivity contribution < 1.29 is 14.7 Å². The number of carbonyl (C=O) groups is 2. The Balaban J connectivity index is 1.21. The molecule has 5 nitrogen and oxygen atoms in total. The lowest BCUT2D eigenvalue weighted by Gasteiger charge is -2.23. The minimum Gasteiger partial charge on any atom is -0.391 e. The van der Waals surface area contributed by atoms with Gasteiger partial charge in [-0.15, -0.1) is 22.7 Å². The summed E-state index contributed by atoms with van der Waals surface area (Å²) in [6.07, 6.45) is -1.16. The molecule has 0 aliphatic heterocycles. The lowest BCUT2D eigenvalue weighted by Crippen LogP contribution is -2.19. The number of ketones is 2. The molecule has 1 aliphatic carbocycles. The topological polar surface area (TPSA) is 60.9 Å². The average molecular weight is 613 g/mol. The molecule has 0 saturated heterocycles. The second-order valence-corrected chi connectivity index (χ2v) is 12.7. The number of carbonyl (C=O) groups excluding carboxylic acids is 2. The molecule has 7 heteroatoms. The number of thiophene rings is 2. The van der Waals surface area contributed by atoms with Crippen LogP contribution < -0.4 is 9.80 Å². The molecule has 2 heterocycles. The summed E-state index contributed by atoms with van der Waals surface area (Å²) in [5, 5.41) is 13.4. The Kier molecular flexibility index (Phi) is 7.66. The number of para-hydroxylation sites is 4. The van der Waals surface area contributed by atoms with E-state index in [2.05, 4.69) is 9.80 Å². The van der Waals surface area contributed by atoms with Crippen LogP contribution in [0.25, 0.3) is 0 Å². The molecule has 1 saturated carbocycles. The standard InChI is InChI=1S/C37H28N2O3S2/c40-35-33(29-21-23-31(43-29)38(25-13-5-1-6-14-25)26-15-7-2-8-16-26)36(41)37(42)34(35)30-22-24-32(44-30)39(27-17-9-3-10-18-27)28-19-11-4-12-20-28/h1-24,33-35,40H. The highest BCUT2D eigenvalue weighted by Gasteiger charge is 2.51. The smallest absolute Gasteiger partial charge is 0.210 e. The molecule has 7 rings (SSSR count). The van der Waals surface area contributed by atoms with Crippen molar-refractivity contribution in [3.63, 3.8) is 0 Å². The number of hydrogen-bond acceptors (Lipinski definition) is 7. The number of aliphatic hydroxyl groups is 1. The van der Waals surface area contributed by atoms with E-state index in [0.29, 0.717) is 9.75 Å². The highest BCUT2D eigenvalue weighted by molar-refractivity contribution is 7.17. The van der Waals surface area contributed by atoms with Gasteiger partial charge < -0.3 is 14.9 Å². The fraction of sp³-hybridized carbons (Fsp3) is 0.0811. The van der Waals surface area contributed by atoms with Crippen molar-refractivity contribution in [2.24, 2.45) is 0 Å². The van der Waals surface area contributed by atoms with Crippen molar-refractivity contribution in [3.05, 3.63) is 155 Å². The van der Waals surface area contributed by atoms with Crippen LogP contribution in [0.4, 0.5) is 32.8 Å². The van der Waals surface area contributed by atoms with Crippen LogP contribution >= 0.6 is 22.7 Å². The third kappa shape index (κ3) is 5.15. The largest absolute Gasteiger partial charge is 0.391 e. The first-order valence-electron chi connectivity index (χ1n) is 14.4. The van der Waals surface area contributed by atoms with Crippen LogP contribution in [0.15, 0.2) is 146 Å². The Morgan fingerprint density at radius 1 is 0.432 bits per heavy atom. The average Bonchev–Trinajstić information content (AvgIpc) is 3.79. The Bertz CT molecular complexity index is 1670. The quantitative estimate of drug-likeness (QED) is 0.174. The van der Waals surface area contributed by atoms with E-state index in [4.69, 9.17) is 0 Å². The molecule has 4 aromatic carbocycles. The van der Waals surface area contributed by atoms with E-state index >= 15 is 0 Å². The van der Waals surface area contributed by atoms with Gasteiger partial charge in [0.1, 0.15) is 10.0 Å². The maximum absolute atomic E-state index is 13.5. The Labute approximate surface area is 263 Å². The molecular formula is C37H28N2O3S2. The molecule has 1 N–H and O–H groups in total. The summed E-state index contributed by atoms with van der Waals surface area (Å²) < 4.78 is 0. The molecular weight excluding hydrogens is 585 g/mol. The van der Waals surface area contributed by atoms with Crippen LogP contribution in [-0.4, -0.2) is 22.8 Å². The third-order valence-electron chi connectivity index (χ3n) is 7.83. The van der Waals surface area contributed by atoms with Crippen molar-refractivity contribution in [1.29, 1.82) is 0 Å². The molecule has 6 aromatic rings. The summed E-state index contributed by atoms with van der Waals surface area (Å²) >= 11 is 2.85. The minimum absolute atomic E-state index is 0.542. The van der Waals surface area contributed by atoms with Gasteiger partial charge in [-0.1, -0.05) is 72.8 Å². The maximum Gasteiger partial charge on any atom is 0.210 e. The maximum atomic E-state index is 13.5. The molecule has 2 unspecified atom stereocenters. The van der Waals surface area contributed by atoms with Crippen molar-refractivity contribution in [2.75, 3.05) is 9.80 Å². The molecule has 2 aromatic heterocycles. The molecule has 1 aliphatic rings. The van der Waals surface area contributed by atoms with E-state index in [0.717, 1.165) is 32.8 Å². The van der Waals surface area contributed by atoms with Crippen molar-refractivity contribution in [2.45, 2.75) is 17.9 Å². The monoisotopic (exact) mass is 612 g/mol. The zero-order valence-electron chi connectivity index (χ0n) is 23.6. The van der Waals surface area contributed by atoms with E-state index < -0.39 is 29.5 Å². The molecule has 216 valence electrons. The van der Waals surface area contributed by atoms with Crippen molar-refractivity contribution in [3.8, 4) is 0 Å². The van der Waals surface area contributed by atoms with Gasteiger partial charge in [-0.2, -0.15) is 0 Å². The van der Waals surface area contributed by atoms with Crippen LogP contribution in [0.3, 0.4) is 0 Å². The second kappa shape index (κ2) is 12.1. The van der Waals surface area contributed by atoms with E-state index in [-0.39, 0.29) is 0 Å². The third-order valence-corrected chi connectivity index (χ3v) is 10.1. The number of benzene rings is 4. The zero-order chi connectivity index (χ0) is 30.0. The number of nitrogens with zero attached hydrogens (tertiary/aromatic N) is 2. The second-order valence-electron chi connectivity index (χ2n) is 10.5. The first-order valence-corrected chi connectivity index (χ1v) is 16.0. The van der Waals surface area contributed by atoms with Crippen LogP contribution in [-0.2, 0) is 9.59 Å². The first-order chi connectivity index (χ1) is 21.6. The van der Waals surface area contributed by atoms with Gasteiger partial charge in [-0.25, -0.2) is 0 Å². The molecule has 0 amide bonds. The summed E-state index contributed by atoms with van der Waals surface area (Å²) in [6.45, 7) is 0. The minimum atomic E-state index is -1.16. The number of anilines is 6. The predicted octanol–water partition coefficient (Wildman–Crippen LogP) is 9.13. The fourth-order valence-electron chi connectivity index (χ4n) is 5.78. The van der Waals surface area contributed by atoms with E-state index in [1.165, 1.54) is 22.7 Å². The van der Waals surface area contributed by atoms with Crippen LogP contribution in [0.2, 0.25) is 0 Å². The summed E-state index contributed by atoms with van der Waals surface area (Å²) in [7, 11) is 0. The van der Waals surface area contributed by atoms with Crippen molar-refractivity contribution >= 4 is 67.0 Å². The van der Waals surface area contributed by atoms with E-state index in [1.807, 2.05) is 146 Å². The lowest BCUT2D eigenvalue weighted by atomic mass is 9.98. The molecule has 0 bridgehead atoms. The summed E-state index contributed by atoms with van der Waals surface area (Å²) in [5.74, 6) is -2.91. The van der Waals surface area contributed by atoms with Crippen molar-refractivity contribution in [1.82, 2.24) is 0 Å². The van der Waals surface area contributed by atoms with Gasteiger partial charge in [-0.3, -0.25) is 9.59 Å². The highest BCUT2D eigenvalue weighted by Crippen LogP contribution is 2.48. The number of aliphatic hydroxyl groups excluding tert-OH is 1. The van der Waals surface area contributed by atoms with Gasteiger partial charge in [0, 0.05) is 32.5 Å². The van der Waals surface area contributed by atoms with Gasteiger partial charge in [0.2, 0.25) is 11.6 Å². The summed E-state index contributed by atoms with van der Waals surface area (Å²) in [6, 6.07) is 47.7. The van der Waals surface area contributed by atoms with Crippen LogP contribution in [0.1, 0.15) is 21.6 Å². The van der Waals surface area contributed by atoms with Crippen LogP contribution in [0, 0.1) is 0 Å². The van der Waals surface area contributed by atoms with Gasteiger partial charge in [-0.05, 0) is 72.8 Å². The lowest BCUT2D eigenvalue weighted by molar-refractivity contribution is -0.135. The van der Waals surface area contributed by atoms with Gasteiger partial charge in [0.25, 0.3) is 0 Å². The molecule has 44 heavy (non-hydrogen) atoms. The zero-order valence-corrected chi connectivity index (χ0v) is 25.2. The fourth-order valence-corrected chi connectivity index (χ4v) is 8.16. The number of hydrogen-bond donors (Lipinski definition) is 1. The SMILES string of the molecule is O=C1C(=O)C(c2ccc(N(c3ccccc3)c3ccccc3)s2)C(O)C1c1ccc(N(c2ccccc2)c2ccccc2)s1. The predicted molar refractivity (Wildman–Crippen MR) is 180 cm³/mol. The van der Waals surface area contributed by atoms with Gasteiger partial charge >= 0.3 is 0 Å². The van der Waals surface area contributed by atoms with Gasteiger partial charge in [0.05, 0.1) is 17.9 Å². The molecule has 0 spiro atoms. The van der Waals surface area contributed by atoms with Gasteiger partial charge in [0.15, 0.2) is 0 Å². The summed E-state index contributed by atoms with van der Waals surface area (Å²) in [4.78, 5) is 32.6. The molecule has 2 atom stereocenters. The van der Waals surface area contributed by atoms with E-state index in [1.54, 1.807) is 0 Å².